The van der Waals surface area contributed by atoms with Crippen LogP contribution in [0.2, 0.25) is 0 Å². The SMILES string of the molecule is CC(COC(=O)C=Cc1ccccc1)CC(=O)c1c2c(c3oc(=O)cc(-c4ccccc4)c3c1O)C=CC(C)(C)O2. The average Bonchev–Trinajstić information content (AvgIpc) is 2.95. The zero-order valence-corrected chi connectivity index (χ0v) is 23.0. The molecule has 0 aliphatic carbocycles. The highest BCUT2D eigenvalue weighted by atomic mass is 16.5. The highest BCUT2D eigenvalue weighted by molar-refractivity contribution is 6.13. The maximum atomic E-state index is 13.8. The Morgan fingerprint density at radius 2 is 1.73 bits per heavy atom. The molecule has 0 radical (unpaired) electrons. The number of carbonyl (C=O) groups is 2. The number of phenolic OH excluding ortho intramolecular Hbond substituents is 1. The number of phenols is 1. The Balaban J connectivity index is 1.48. The van der Waals surface area contributed by atoms with Crippen molar-refractivity contribution < 1.29 is 28.6 Å². The summed E-state index contributed by atoms with van der Waals surface area (Å²) in [6.07, 6.45) is 6.54. The minimum absolute atomic E-state index is 0.00175. The summed E-state index contributed by atoms with van der Waals surface area (Å²) in [5.74, 6) is -1.43. The third kappa shape index (κ3) is 5.99. The molecule has 0 bridgehead atoms. The van der Waals surface area contributed by atoms with Crippen LogP contribution in [0, 0.1) is 5.92 Å². The smallest absolute Gasteiger partial charge is 0.336 e. The molecule has 2 heterocycles. The normalized spacial score (nSPS) is 14.4. The van der Waals surface area contributed by atoms with Crippen molar-refractivity contribution >= 4 is 34.9 Å². The van der Waals surface area contributed by atoms with E-state index in [2.05, 4.69) is 0 Å². The molecule has 0 saturated carbocycles. The van der Waals surface area contributed by atoms with Gasteiger partial charge in [-0.2, -0.15) is 0 Å². The summed E-state index contributed by atoms with van der Waals surface area (Å²) < 4.78 is 17.1. The molecule has 0 saturated heterocycles. The van der Waals surface area contributed by atoms with Gasteiger partial charge in [-0.1, -0.05) is 67.6 Å². The first-order chi connectivity index (χ1) is 19.6. The van der Waals surface area contributed by atoms with Gasteiger partial charge in [0.25, 0.3) is 0 Å². The van der Waals surface area contributed by atoms with Crippen molar-refractivity contribution in [1.82, 2.24) is 0 Å². The molecule has 41 heavy (non-hydrogen) atoms. The Labute approximate surface area is 237 Å². The zero-order chi connectivity index (χ0) is 29.1. The van der Waals surface area contributed by atoms with Crippen LogP contribution in [0.25, 0.3) is 34.2 Å². The summed E-state index contributed by atoms with van der Waals surface area (Å²) in [5, 5.41) is 11.9. The number of ketones is 1. The van der Waals surface area contributed by atoms with Crippen molar-refractivity contribution in [2.75, 3.05) is 6.61 Å². The molecule has 4 aromatic rings. The van der Waals surface area contributed by atoms with Crippen molar-refractivity contribution in [2.24, 2.45) is 5.92 Å². The number of carbonyl (C=O) groups excluding carboxylic acids is 2. The van der Waals surface area contributed by atoms with Gasteiger partial charge >= 0.3 is 11.6 Å². The van der Waals surface area contributed by atoms with E-state index in [-0.39, 0.29) is 52.8 Å². The Morgan fingerprint density at radius 1 is 1.05 bits per heavy atom. The molecule has 208 valence electrons. The van der Waals surface area contributed by atoms with Gasteiger partial charge in [-0.3, -0.25) is 4.79 Å². The zero-order valence-electron chi connectivity index (χ0n) is 23.0. The van der Waals surface area contributed by atoms with Gasteiger partial charge in [0.05, 0.1) is 17.6 Å². The van der Waals surface area contributed by atoms with E-state index in [1.165, 1.54) is 12.1 Å². The summed E-state index contributed by atoms with van der Waals surface area (Å²) in [5.41, 5.74) is 1.17. The van der Waals surface area contributed by atoms with E-state index in [1.54, 1.807) is 25.2 Å². The monoisotopic (exact) mass is 550 g/mol. The lowest BCUT2D eigenvalue weighted by molar-refractivity contribution is -0.138. The molecule has 1 aromatic heterocycles. The fourth-order valence-electron chi connectivity index (χ4n) is 4.81. The summed E-state index contributed by atoms with van der Waals surface area (Å²) in [6, 6.07) is 19.8. The first kappa shape index (κ1) is 27.6. The lowest BCUT2D eigenvalue weighted by Crippen LogP contribution is -2.29. The van der Waals surface area contributed by atoms with Gasteiger partial charge in [-0.25, -0.2) is 9.59 Å². The van der Waals surface area contributed by atoms with Crippen LogP contribution in [0.15, 0.2) is 88.1 Å². The van der Waals surface area contributed by atoms with Crippen LogP contribution in [0.3, 0.4) is 0 Å². The fourth-order valence-corrected chi connectivity index (χ4v) is 4.81. The van der Waals surface area contributed by atoms with Crippen molar-refractivity contribution in [3.05, 3.63) is 106 Å². The van der Waals surface area contributed by atoms with Crippen molar-refractivity contribution in [1.29, 1.82) is 0 Å². The van der Waals surface area contributed by atoms with E-state index in [9.17, 15) is 19.5 Å². The Bertz CT molecular complexity index is 1730. The largest absolute Gasteiger partial charge is 0.506 e. The molecule has 1 N–H and O–H groups in total. The second kappa shape index (κ2) is 11.3. The molecule has 3 aromatic carbocycles. The van der Waals surface area contributed by atoms with Crippen molar-refractivity contribution in [3.63, 3.8) is 0 Å². The van der Waals surface area contributed by atoms with Crippen LogP contribution in [-0.2, 0) is 9.53 Å². The van der Waals surface area contributed by atoms with Gasteiger partial charge in [-0.15, -0.1) is 0 Å². The van der Waals surface area contributed by atoms with E-state index in [0.29, 0.717) is 16.7 Å². The number of hydrogen-bond donors (Lipinski definition) is 1. The number of benzene rings is 3. The van der Waals surface area contributed by atoms with Gasteiger partial charge in [0.1, 0.15) is 22.7 Å². The minimum Gasteiger partial charge on any atom is -0.506 e. The first-order valence-electron chi connectivity index (χ1n) is 13.4. The molecule has 5 rings (SSSR count). The molecule has 0 amide bonds. The molecular weight excluding hydrogens is 520 g/mol. The number of ether oxygens (including phenoxy) is 2. The van der Waals surface area contributed by atoms with E-state index >= 15 is 0 Å². The predicted molar refractivity (Wildman–Crippen MR) is 158 cm³/mol. The molecule has 0 spiro atoms. The number of hydrogen-bond acceptors (Lipinski definition) is 7. The standard InChI is InChI=1S/C34H30O7/c1-21(20-39-27(36)15-14-22-10-6-4-7-11-22)18-26(35)30-31(38)29-25(23-12-8-5-9-13-23)19-28(37)40-32(29)24-16-17-34(2,3)41-33(24)30/h4-17,19,21,38H,18,20H2,1-3H3. The van der Waals surface area contributed by atoms with Crippen LogP contribution >= 0.6 is 0 Å². The maximum absolute atomic E-state index is 13.8. The van der Waals surface area contributed by atoms with Gasteiger partial charge in [0.15, 0.2) is 11.4 Å². The molecule has 7 nitrogen and oxygen atoms in total. The Kier molecular flexibility index (Phi) is 7.62. The number of Topliss-reactive ketones (excluding diaryl/α,β-unsaturated/α-hetero) is 1. The molecule has 1 atom stereocenters. The van der Waals surface area contributed by atoms with Crippen LogP contribution < -0.4 is 10.4 Å². The maximum Gasteiger partial charge on any atom is 0.336 e. The fraction of sp³-hybridized carbons (Fsp3) is 0.206. The Hall–Kier alpha value is -4.91. The topological polar surface area (TPSA) is 103 Å². The highest BCUT2D eigenvalue weighted by Gasteiger charge is 2.33. The lowest BCUT2D eigenvalue weighted by atomic mass is 9.89. The van der Waals surface area contributed by atoms with Crippen LogP contribution in [0.1, 0.15) is 48.7 Å². The van der Waals surface area contributed by atoms with E-state index in [4.69, 9.17) is 13.9 Å². The highest BCUT2D eigenvalue weighted by Crippen LogP contribution is 2.47. The van der Waals surface area contributed by atoms with Gasteiger partial charge in [-0.05, 0) is 49.1 Å². The van der Waals surface area contributed by atoms with E-state index in [0.717, 1.165) is 5.56 Å². The third-order valence-electron chi connectivity index (χ3n) is 6.79. The van der Waals surface area contributed by atoms with Gasteiger partial charge < -0.3 is 19.0 Å². The summed E-state index contributed by atoms with van der Waals surface area (Å²) in [7, 11) is 0. The average molecular weight is 551 g/mol. The lowest BCUT2D eigenvalue weighted by Gasteiger charge is -2.30. The van der Waals surface area contributed by atoms with E-state index < -0.39 is 17.2 Å². The molecule has 0 fully saturated rings. The molecule has 1 aliphatic rings. The van der Waals surface area contributed by atoms with Gasteiger partial charge in [0.2, 0.25) is 0 Å². The molecule has 7 heteroatoms. The summed E-state index contributed by atoms with van der Waals surface area (Å²) >= 11 is 0. The van der Waals surface area contributed by atoms with Crippen molar-refractivity contribution in [2.45, 2.75) is 32.8 Å². The number of aromatic hydroxyl groups is 1. The first-order valence-corrected chi connectivity index (χ1v) is 13.4. The van der Waals surface area contributed by atoms with Crippen LogP contribution in [0.4, 0.5) is 0 Å². The van der Waals surface area contributed by atoms with Crippen LogP contribution in [-0.4, -0.2) is 29.1 Å². The summed E-state index contributed by atoms with van der Waals surface area (Å²) in [4.78, 5) is 38.6. The van der Waals surface area contributed by atoms with Crippen LogP contribution in [0.5, 0.6) is 11.5 Å². The van der Waals surface area contributed by atoms with E-state index in [1.807, 2.05) is 74.5 Å². The number of rotatable bonds is 8. The molecule has 1 aliphatic heterocycles. The summed E-state index contributed by atoms with van der Waals surface area (Å²) in [6.45, 7) is 5.44. The van der Waals surface area contributed by atoms with Gasteiger partial charge in [0, 0.05) is 24.1 Å². The van der Waals surface area contributed by atoms with Crippen molar-refractivity contribution in [3.8, 4) is 22.6 Å². The number of fused-ring (bicyclic) bond motifs is 3. The second-order valence-corrected chi connectivity index (χ2v) is 10.7. The predicted octanol–water partition coefficient (Wildman–Crippen LogP) is 6.82. The third-order valence-corrected chi connectivity index (χ3v) is 6.79. The second-order valence-electron chi connectivity index (χ2n) is 10.7. The quantitative estimate of drug-likeness (QED) is 0.111. The minimum atomic E-state index is -0.772. The molecular formula is C34H30O7. The Morgan fingerprint density at radius 3 is 2.44 bits per heavy atom. The molecule has 1 unspecified atom stereocenters. The number of esters is 1.